The Kier molecular flexibility index (Phi) is 6.21. The van der Waals surface area contributed by atoms with Gasteiger partial charge in [-0.2, -0.15) is 0 Å². The molecule has 1 aliphatic rings. The van der Waals surface area contributed by atoms with E-state index in [0.29, 0.717) is 0 Å². The Morgan fingerprint density at radius 1 is 1.23 bits per heavy atom. The summed E-state index contributed by atoms with van der Waals surface area (Å²) in [6.07, 6.45) is 6.44. The molecule has 0 unspecified atom stereocenters. The molecule has 1 aliphatic heterocycles. The molecule has 1 N–H and O–H groups in total. The Hall–Kier alpha value is -0.0800. The van der Waals surface area contributed by atoms with Gasteiger partial charge < -0.3 is 10.1 Å². The number of piperidine rings is 1. The van der Waals surface area contributed by atoms with E-state index in [9.17, 15) is 0 Å². The summed E-state index contributed by atoms with van der Waals surface area (Å²) in [6.45, 7) is 6.56. The lowest BCUT2D eigenvalue weighted by Gasteiger charge is -2.22. The highest BCUT2D eigenvalue weighted by molar-refractivity contribution is 4.67. The van der Waals surface area contributed by atoms with Crippen LogP contribution in [0.2, 0.25) is 0 Å². The second-order valence-electron chi connectivity index (χ2n) is 3.98. The van der Waals surface area contributed by atoms with Crippen LogP contribution in [0.25, 0.3) is 0 Å². The number of ether oxygens (including phenoxy) is 1. The molecule has 0 aromatic heterocycles. The van der Waals surface area contributed by atoms with Crippen LogP contribution in [0.1, 0.15) is 39.0 Å². The van der Waals surface area contributed by atoms with Crippen molar-refractivity contribution in [1.82, 2.24) is 5.32 Å². The van der Waals surface area contributed by atoms with Gasteiger partial charge in [0.1, 0.15) is 0 Å². The van der Waals surface area contributed by atoms with Gasteiger partial charge in [0, 0.05) is 13.2 Å². The standard InChI is InChI=1S/C11H23NO/c1-2-3-4-9-13-10-11-5-7-12-8-6-11/h11-12H,2-10H2,1H3. The number of nitrogens with one attached hydrogen (secondary N) is 1. The summed E-state index contributed by atoms with van der Waals surface area (Å²) in [5.41, 5.74) is 0. The largest absolute Gasteiger partial charge is 0.381 e. The molecule has 0 amide bonds. The third kappa shape index (κ3) is 5.27. The molecule has 0 aromatic carbocycles. The van der Waals surface area contributed by atoms with Gasteiger partial charge in [0.25, 0.3) is 0 Å². The number of hydrogen-bond donors (Lipinski definition) is 1. The zero-order valence-electron chi connectivity index (χ0n) is 8.85. The van der Waals surface area contributed by atoms with Crippen molar-refractivity contribution in [3.05, 3.63) is 0 Å². The van der Waals surface area contributed by atoms with Crippen molar-refractivity contribution in [3.63, 3.8) is 0 Å². The van der Waals surface area contributed by atoms with Crippen molar-refractivity contribution >= 4 is 0 Å². The fourth-order valence-corrected chi connectivity index (χ4v) is 1.75. The zero-order chi connectivity index (χ0) is 9.36. The third-order valence-electron chi connectivity index (χ3n) is 2.70. The molecule has 1 rings (SSSR count). The normalized spacial score (nSPS) is 19.2. The molecule has 2 nitrogen and oxygen atoms in total. The molecule has 0 atom stereocenters. The first-order chi connectivity index (χ1) is 6.43. The maximum absolute atomic E-state index is 5.65. The molecular formula is C11H23NO. The van der Waals surface area contributed by atoms with Crippen LogP contribution >= 0.6 is 0 Å². The van der Waals surface area contributed by atoms with Gasteiger partial charge in [-0.15, -0.1) is 0 Å². The van der Waals surface area contributed by atoms with Gasteiger partial charge in [-0.1, -0.05) is 19.8 Å². The topological polar surface area (TPSA) is 21.3 Å². The zero-order valence-corrected chi connectivity index (χ0v) is 8.85. The fourth-order valence-electron chi connectivity index (χ4n) is 1.75. The quantitative estimate of drug-likeness (QED) is 0.640. The molecule has 0 spiro atoms. The highest BCUT2D eigenvalue weighted by Crippen LogP contribution is 2.11. The van der Waals surface area contributed by atoms with Gasteiger partial charge in [-0.3, -0.25) is 0 Å². The first-order valence-corrected chi connectivity index (χ1v) is 5.72. The second kappa shape index (κ2) is 7.34. The second-order valence-corrected chi connectivity index (χ2v) is 3.98. The van der Waals surface area contributed by atoms with E-state index in [4.69, 9.17) is 4.74 Å². The van der Waals surface area contributed by atoms with Gasteiger partial charge >= 0.3 is 0 Å². The molecule has 2 heteroatoms. The van der Waals surface area contributed by atoms with Crippen LogP contribution in [0.3, 0.4) is 0 Å². The Bertz CT molecular complexity index is 111. The van der Waals surface area contributed by atoms with E-state index in [1.807, 2.05) is 0 Å². The summed E-state index contributed by atoms with van der Waals surface area (Å²) in [4.78, 5) is 0. The molecule has 0 aliphatic carbocycles. The SMILES string of the molecule is CCCCCOCC1CCNCC1. The minimum atomic E-state index is 0.822. The molecule has 0 bridgehead atoms. The Morgan fingerprint density at radius 2 is 2.00 bits per heavy atom. The van der Waals surface area contributed by atoms with E-state index in [2.05, 4.69) is 12.2 Å². The maximum atomic E-state index is 5.65. The first kappa shape index (κ1) is 11.0. The van der Waals surface area contributed by atoms with Crippen molar-refractivity contribution < 1.29 is 4.74 Å². The molecule has 78 valence electrons. The highest BCUT2D eigenvalue weighted by atomic mass is 16.5. The van der Waals surface area contributed by atoms with Gasteiger partial charge in [0.2, 0.25) is 0 Å². The minimum Gasteiger partial charge on any atom is -0.381 e. The van der Waals surface area contributed by atoms with Crippen molar-refractivity contribution in [2.75, 3.05) is 26.3 Å². The van der Waals surface area contributed by atoms with E-state index in [0.717, 1.165) is 19.1 Å². The Labute approximate surface area is 82.0 Å². The summed E-state index contributed by atoms with van der Waals surface area (Å²) in [7, 11) is 0. The van der Waals surface area contributed by atoms with Crippen LogP contribution in [0, 0.1) is 5.92 Å². The average molecular weight is 185 g/mol. The minimum absolute atomic E-state index is 0.822. The van der Waals surface area contributed by atoms with Crippen molar-refractivity contribution in [2.24, 2.45) is 5.92 Å². The average Bonchev–Trinajstić information content (AvgIpc) is 2.19. The molecule has 0 aromatic rings. The molecule has 0 saturated carbocycles. The lowest BCUT2D eigenvalue weighted by Crippen LogP contribution is -2.30. The van der Waals surface area contributed by atoms with Crippen LogP contribution in [0.5, 0.6) is 0 Å². The van der Waals surface area contributed by atoms with Gasteiger partial charge in [-0.25, -0.2) is 0 Å². The number of unbranched alkanes of at least 4 members (excludes halogenated alkanes) is 2. The van der Waals surface area contributed by atoms with Gasteiger partial charge in [0.05, 0.1) is 0 Å². The Balaban J connectivity index is 1.86. The highest BCUT2D eigenvalue weighted by Gasteiger charge is 2.12. The predicted molar refractivity (Wildman–Crippen MR) is 55.9 cm³/mol. The van der Waals surface area contributed by atoms with Crippen molar-refractivity contribution in [2.45, 2.75) is 39.0 Å². The van der Waals surface area contributed by atoms with Crippen LogP contribution in [-0.4, -0.2) is 26.3 Å². The van der Waals surface area contributed by atoms with Crippen molar-refractivity contribution in [1.29, 1.82) is 0 Å². The number of hydrogen-bond acceptors (Lipinski definition) is 2. The summed E-state index contributed by atoms with van der Waals surface area (Å²) in [5.74, 6) is 0.822. The van der Waals surface area contributed by atoms with E-state index in [-0.39, 0.29) is 0 Å². The molecule has 1 fully saturated rings. The number of rotatable bonds is 6. The van der Waals surface area contributed by atoms with E-state index in [1.165, 1.54) is 45.2 Å². The summed E-state index contributed by atoms with van der Waals surface area (Å²) >= 11 is 0. The maximum Gasteiger partial charge on any atom is 0.0495 e. The molecule has 1 saturated heterocycles. The molecule has 0 radical (unpaired) electrons. The van der Waals surface area contributed by atoms with E-state index < -0.39 is 0 Å². The molecular weight excluding hydrogens is 162 g/mol. The summed E-state index contributed by atoms with van der Waals surface area (Å²) in [5, 5.41) is 3.37. The molecule has 1 heterocycles. The van der Waals surface area contributed by atoms with E-state index in [1.54, 1.807) is 0 Å². The van der Waals surface area contributed by atoms with Crippen molar-refractivity contribution in [3.8, 4) is 0 Å². The third-order valence-corrected chi connectivity index (χ3v) is 2.70. The predicted octanol–water partition coefficient (Wildman–Crippen LogP) is 2.19. The first-order valence-electron chi connectivity index (χ1n) is 5.72. The van der Waals surface area contributed by atoms with Gasteiger partial charge in [0.15, 0.2) is 0 Å². The monoisotopic (exact) mass is 185 g/mol. The summed E-state index contributed by atoms with van der Waals surface area (Å²) in [6, 6.07) is 0. The fraction of sp³-hybridized carbons (Fsp3) is 1.00. The van der Waals surface area contributed by atoms with Crippen LogP contribution in [0.15, 0.2) is 0 Å². The van der Waals surface area contributed by atoms with Crippen LogP contribution in [0.4, 0.5) is 0 Å². The van der Waals surface area contributed by atoms with E-state index >= 15 is 0 Å². The lowest BCUT2D eigenvalue weighted by atomic mass is 9.99. The summed E-state index contributed by atoms with van der Waals surface area (Å²) < 4.78 is 5.65. The van der Waals surface area contributed by atoms with Crippen LogP contribution in [-0.2, 0) is 4.74 Å². The smallest absolute Gasteiger partial charge is 0.0495 e. The molecule has 13 heavy (non-hydrogen) atoms. The van der Waals surface area contributed by atoms with Crippen LogP contribution < -0.4 is 5.32 Å². The lowest BCUT2D eigenvalue weighted by molar-refractivity contribution is 0.0852. The Morgan fingerprint density at radius 3 is 2.69 bits per heavy atom. The van der Waals surface area contributed by atoms with Gasteiger partial charge in [-0.05, 0) is 38.3 Å².